The molecule has 0 aromatic carbocycles. The molecule has 0 aliphatic carbocycles. The molecule has 3 aliphatic heterocycles. The van der Waals surface area contributed by atoms with Crippen LogP contribution < -0.4 is 0 Å². The summed E-state index contributed by atoms with van der Waals surface area (Å²) in [7, 11) is 0. The Kier molecular flexibility index (Phi) is 8.89. The topological polar surface area (TPSA) is 90.4 Å². The predicted molar refractivity (Wildman–Crippen MR) is 148 cm³/mol. The predicted octanol–water partition coefficient (Wildman–Crippen LogP) is 3.40. The van der Waals surface area contributed by atoms with E-state index in [9.17, 15) is 19.5 Å². The molecule has 3 heterocycles. The Morgan fingerprint density at radius 3 is 2.32 bits per heavy atom. The Balaban J connectivity index is 2.18. The Hall–Kier alpha value is -2.19. The quantitative estimate of drug-likeness (QED) is 0.390. The van der Waals surface area contributed by atoms with E-state index in [2.05, 4.69) is 13.2 Å². The number of fused-ring (bicyclic) bond motifs is 1. The second-order valence-corrected chi connectivity index (χ2v) is 12.9. The lowest BCUT2D eigenvalue weighted by Gasteiger charge is -2.43. The van der Waals surface area contributed by atoms with Crippen molar-refractivity contribution >= 4 is 17.7 Å². The lowest BCUT2D eigenvalue weighted by atomic mass is 9.66. The molecule has 0 aromatic rings. The molecule has 1 spiro atoms. The maximum atomic E-state index is 14.5. The first-order valence-corrected chi connectivity index (χ1v) is 14.2. The lowest BCUT2D eigenvalue weighted by Crippen LogP contribution is -2.61. The molecule has 0 saturated carbocycles. The fraction of sp³-hybridized carbons (Fsp3) is 0.767. The van der Waals surface area contributed by atoms with Gasteiger partial charge in [0.15, 0.2) is 0 Å². The molecule has 2 bridgehead atoms. The number of hydrogen-bond donors (Lipinski definition) is 1. The van der Waals surface area contributed by atoms with Crippen LogP contribution in [0, 0.1) is 17.8 Å². The third-order valence-electron chi connectivity index (χ3n) is 8.60. The zero-order valence-corrected chi connectivity index (χ0v) is 24.5. The third kappa shape index (κ3) is 4.94. The normalized spacial score (nSPS) is 30.9. The lowest BCUT2D eigenvalue weighted by molar-refractivity contribution is -0.159. The van der Waals surface area contributed by atoms with E-state index in [-0.39, 0.29) is 30.2 Å². The molecule has 0 aromatic heterocycles. The molecule has 3 saturated heterocycles. The van der Waals surface area contributed by atoms with E-state index in [4.69, 9.17) is 4.74 Å². The van der Waals surface area contributed by atoms with Crippen LogP contribution in [0.15, 0.2) is 25.3 Å². The van der Waals surface area contributed by atoms with Crippen molar-refractivity contribution in [1.82, 2.24) is 14.7 Å². The number of rotatable bonds is 12. The van der Waals surface area contributed by atoms with Gasteiger partial charge in [0, 0.05) is 25.2 Å². The van der Waals surface area contributed by atoms with Crippen molar-refractivity contribution in [3.63, 3.8) is 0 Å². The van der Waals surface area contributed by atoms with Crippen LogP contribution in [0.4, 0.5) is 0 Å². The van der Waals surface area contributed by atoms with Gasteiger partial charge < -0.3 is 24.5 Å². The Bertz CT molecular complexity index is 943. The van der Waals surface area contributed by atoms with Crippen LogP contribution in [0.5, 0.6) is 0 Å². The van der Waals surface area contributed by atoms with Crippen LogP contribution in [0.25, 0.3) is 0 Å². The molecule has 0 radical (unpaired) electrons. The van der Waals surface area contributed by atoms with E-state index in [1.165, 1.54) is 0 Å². The molecule has 6 atom stereocenters. The number of aliphatic hydroxyl groups is 1. The van der Waals surface area contributed by atoms with Crippen molar-refractivity contribution in [2.24, 2.45) is 17.8 Å². The van der Waals surface area contributed by atoms with Gasteiger partial charge in [0.2, 0.25) is 17.7 Å². The van der Waals surface area contributed by atoms with Gasteiger partial charge >= 0.3 is 0 Å². The summed E-state index contributed by atoms with van der Waals surface area (Å²) in [6.45, 7) is 22.6. The number of amides is 3. The van der Waals surface area contributed by atoms with Crippen LogP contribution in [0.3, 0.4) is 0 Å². The zero-order valence-electron chi connectivity index (χ0n) is 24.5. The largest absolute Gasteiger partial charge is 0.394 e. The van der Waals surface area contributed by atoms with E-state index in [0.717, 1.165) is 6.42 Å². The van der Waals surface area contributed by atoms with E-state index in [1.54, 1.807) is 26.9 Å². The van der Waals surface area contributed by atoms with Gasteiger partial charge in [-0.25, -0.2) is 0 Å². The van der Waals surface area contributed by atoms with Crippen LogP contribution in [-0.2, 0) is 19.1 Å². The number of ether oxygens (including phenoxy) is 1. The average molecular weight is 532 g/mol. The number of carbonyl (C=O) groups excluding carboxylic acids is 3. The maximum absolute atomic E-state index is 14.5. The molecule has 3 aliphatic rings. The summed E-state index contributed by atoms with van der Waals surface area (Å²) in [5.41, 5.74) is -2.49. The molecule has 8 heteroatoms. The molecule has 3 fully saturated rings. The van der Waals surface area contributed by atoms with Gasteiger partial charge in [-0.2, -0.15) is 0 Å². The fourth-order valence-electron chi connectivity index (χ4n) is 7.12. The second kappa shape index (κ2) is 11.1. The smallest absolute Gasteiger partial charge is 0.249 e. The Morgan fingerprint density at radius 1 is 1.18 bits per heavy atom. The van der Waals surface area contributed by atoms with E-state index in [0.29, 0.717) is 38.9 Å². The first-order valence-electron chi connectivity index (χ1n) is 14.2. The summed E-state index contributed by atoms with van der Waals surface area (Å²) < 4.78 is 6.80. The molecule has 3 rings (SSSR count). The summed E-state index contributed by atoms with van der Waals surface area (Å²) in [5.74, 6) is -1.88. The number of hydrogen-bond acceptors (Lipinski definition) is 5. The minimum Gasteiger partial charge on any atom is -0.394 e. The van der Waals surface area contributed by atoms with Gasteiger partial charge in [0.05, 0.1) is 30.1 Å². The van der Waals surface area contributed by atoms with Crippen LogP contribution in [-0.4, -0.2) is 92.6 Å². The molecular formula is C30H49N3O5. The molecule has 38 heavy (non-hydrogen) atoms. The SMILES string of the molecule is C=CCN(CCC)C(=O)[C@H]1[C@H]2C(=O)N([C@@H](CO)CC(C)C)C(C(=O)N(CC=C)C(C)(C)C)C23CC[C@]1(C)O3. The number of carbonyl (C=O) groups is 3. The van der Waals surface area contributed by atoms with E-state index in [1.807, 2.05) is 48.5 Å². The minimum absolute atomic E-state index is 0.120. The molecular weight excluding hydrogens is 482 g/mol. The van der Waals surface area contributed by atoms with Crippen molar-refractivity contribution in [2.75, 3.05) is 26.2 Å². The second-order valence-electron chi connectivity index (χ2n) is 12.9. The minimum atomic E-state index is -1.12. The number of aliphatic hydroxyl groups excluding tert-OH is 1. The summed E-state index contributed by atoms with van der Waals surface area (Å²) >= 11 is 0. The highest BCUT2D eigenvalue weighted by Gasteiger charge is 2.79. The first-order chi connectivity index (χ1) is 17.7. The van der Waals surface area contributed by atoms with Gasteiger partial charge in [-0.1, -0.05) is 32.9 Å². The highest BCUT2D eigenvalue weighted by atomic mass is 16.5. The molecule has 3 amide bonds. The zero-order chi connectivity index (χ0) is 28.6. The van der Waals surface area contributed by atoms with Crippen molar-refractivity contribution in [2.45, 2.75) is 103 Å². The van der Waals surface area contributed by atoms with Gasteiger partial charge in [-0.3, -0.25) is 14.4 Å². The highest BCUT2D eigenvalue weighted by molar-refractivity contribution is 5.99. The van der Waals surface area contributed by atoms with Gasteiger partial charge in [-0.05, 0) is 59.3 Å². The highest BCUT2D eigenvalue weighted by Crippen LogP contribution is 2.64. The standard InChI is InChI=1S/C30H49N3O5/c1-10-15-31(16-11-2)25(35)22-23-26(36)33(21(19-34)18-20(4)5)24(30(23)14-13-29(22,9)38-30)27(37)32(17-12-3)28(6,7)8/h10,12,20-24,34H,1,3,11,13-19H2,2,4-9H3/t21-,22-,23+,24?,29+,30?/m1/s1. The number of nitrogens with zero attached hydrogens (tertiary/aromatic N) is 3. The van der Waals surface area contributed by atoms with Crippen LogP contribution in [0.1, 0.15) is 74.1 Å². The van der Waals surface area contributed by atoms with Crippen LogP contribution in [0.2, 0.25) is 0 Å². The summed E-state index contributed by atoms with van der Waals surface area (Å²) in [6.07, 6.45) is 5.82. The van der Waals surface area contributed by atoms with Crippen LogP contribution >= 0.6 is 0 Å². The van der Waals surface area contributed by atoms with Gasteiger partial charge in [0.25, 0.3) is 0 Å². The Morgan fingerprint density at radius 2 is 1.82 bits per heavy atom. The molecule has 214 valence electrons. The van der Waals surface area contributed by atoms with Gasteiger partial charge in [-0.15, -0.1) is 13.2 Å². The van der Waals surface area contributed by atoms with Gasteiger partial charge in [0.1, 0.15) is 11.6 Å². The summed E-state index contributed by atoms with van der Waals surface area (Å²) in [6, 6.07) is -1.47. The first kappa shape index (κ1) is 30.4. The Labute approximate surface area is 229 Å². The van der Waals surface area contributed by atoms with Crippen molar-refractivity contribution in [3.8, 4) is 0 Å². The van der Waals surface area contributed by atoms with E-state index >= 15 is 0 Å². The monoisotopic (exact) mass is 531 g/mol. The number of likely N-dealkylation sites (tertiary alicyclic amines) is 1. The molecule has 1 N–H and O–H groups in total. The summed E-state index contributed by atoms with van der Waals surface area (Å²) in [5, 5.41) is 10.5. The third-order valence-corrected chi connectivity index (χ3v) is 8.60. The van der Waals surface area contributed by atoms with E-state index < -0.39 is 40.7 Å². The van der Waals surface area contributed by atoms with Crippen molar-refractivity contribution in [1.29, 1.82) is 0 Å². The summed E-state index contributed by atoms with van der Waals surface area (Å²) in [4.78, 5) is 48.1. The van der Waals surface area contributed by atoms with Crippen molar-refractivity contribution < 1.29 is 24.2 Å². The molecule has 2 unspecified atom stereocenters. The fourth-order valence-corrected chi connectivity index (χ4v) is 7.12. The molecule has 8 nitrogen and oxygen atoms in total. The van der Waals surface area contributed by atoms with Crippen molar-refractivity contribution in [3.05, 3.63) is 25.3 Å². The average Bonchev–Trinajstić information content (AvgIpc) is 3.40. The maximum Gasteiger partial charge on any atom is 0.249 e.